The molecule has 3 rings (SSSR count). The van der Waals surface area contributed by atoms with Crippen LogP contribution in [0.3, 0.4) is 0 Å². The molecule has 2 aliphatic carbocycles. The fraction of sp³-hybridized carbons (Fsp3) is 0.588. The summed E-state index contributed by atoms with van der Waals surface area (Å²) in [6.07, 6.45) is 9.34. The third-order valence-electron chi connectivity index (χ3n) is 4.95. The molecule has 2 heteroatoms. The van der Waals surface area contributed by atoms with Crippen molar-refractivity contribution in [1.29, 1.82) is 0 Å². The van der Waals surface area contributed by atoms with Crippen molar-refractivity contribution in [2.45, 2.75) is 56.8 Å². The first kappa shape index (κ1) is 12.7. The number of ketones is 1. The van der Waals surface area contributed by atoms with E-state index in [2.05, 4.69) is 0 Å². The molecular formula is C17H23NO. The Balaban J connectivity index is 1.70. The number of nitrogen functional groups attached to an aromatic ring is 1. The lowest BCUT2D eigenvalue weighted by Gasteiger charge is -2.23. The molecule has 2 fully saturated rings. The highest BCUT2D eigenvalue weighted by Crippen LogP contribution is 2.50. The van der Waals surface area contributed by atoms with Gasteiger partial charge in [-0.1, -0.05) is 44.2 Å². The van der Waals surface area contributed by atoms with Gasteiger partial charge in [-0.3, -0.25) is 4.79 Å². The minimum atomic E-state index is -0.148. The Labute approximate surface area is 115 Å². The van der Waals surface area contributed by atoms with Crippen molar-refractivity contribution in [2.75, 3.05) is 5.73 Å². The number of nitrogens with two attached hydrogens (primary N) is 1. The van der Waals surface area contributed by atoms with Gasteiger partial charge in [0.15, 0.2) is 0 Å². The first-order chi connectivity index (χ1) is 9.21. The van der Waals surface area contributed by atoms with E-state index in [4.69, 9.17) is 5.73 Å². The highest BCUT2D eigenvalue weighted by molar-refractivity contribution is 5.93. The zero-order valence-corrected chi connectivity index (χ0v) is 11.5. The van der Waals surface area contributed by atoms with E-state index in [1.807, 2.05) is 24.3 Å². The Bertz CT molecular complexity index is 453. The second-order valence-corrected chi connectivity index (χ2v) is 6.34. The third-order valence-corrected chi connectivity index (χ3v) is 4.95. The van der Waals surface area contributed by atoms with Gasteiger partial charge in [0.05, 0.1) is 5.41 Å². The summed E-state index contributed by atoms with van der Waals surface area (Å²) < 4.78 is 0. The lowest BCUT2D eigenvalue weighted by Crippen LogP contribution is -2.24. The van der Waals surface area contributed by atoms with Crippen molar-refractivity contribution in [1.82, 2.24) is 0 Å². The Morgan fingerprint density at radius 3 is 2.32 bits per heavy atom. The number of hydrogen-bond acceptors (Lipinski definition) is 2. The molecule has 0 bridgehead atoms. The van der Waals surface area contributed by atoms with E-state index in [1.54, 1.807) is 0 Å². The molecule has 2 nitrogen and oxygen atoms in total. The summed E-state index contributed by atoms with van der Waals surface area (Å²) in [5.74, 6) is 1.12. The maximum atomic E-state index is 12.6. The number of anilines is 1. The number of Topliss-reactive ketones (excluding diaryl/α,β-unsaturated/α-hetero) is 1. The van der Waals surface area contributed by atoms with Crippen LogP contribution < -0.4 is 5.73 Å². The fourth-order valence-electron chi connectivity index (χ4n) is 3.50. The molecule has 0 heterocycles. The summed E-state index contributed by atoms with van der Waals surface area (Å²) >= 11 is 0. The lowest BCUT2D eigenvalue weighted by atomic mass is 9.80. The average molecular weight is 257 g/mol. The van der Waals surface area contributed by atoms with Crippen LogP contribution in [0.1, 0.15) is 56.9 Å². The van der Waals surface area contributed by atoms with Gasteiger partial charge in [0.1, 0.15) is 5.78 Å². The number of hydrogen-bond donors (Lipinski definition) is 1. The van der Waals surface area contributed by atoms with E-state index < -0.39 is 0 Å². The second-order valence-electron chi connectivity index (χ2n) is 6.34. The molecule has 0 atom stereocenters. The van der Waals surface area contributed by atoms with Crippen molar-refractivity contribution in [3.63, 3.8) is 0 Å². The minimum absolute atomic E-state index is 0.148. The summed E-state index contributed by atoms with van der Waals surface area (Å²) in [6, 6.07) is 7.93. The third kappa shape index (κ3) is 2.54. The molecular weight excluding hydrogens is 234 g/mol. The minimum Gasteiger partial charge on any atom is -0.399 e. The van der Waals surface area contributed by atoms with E-state index in [0.717, 1.165) is 24.9 Å². The second kappa shape index (κ2) is 4.99. The molecule has 0 radical (unpaired) electrons. The van der Waals surface area contributed by atoms with Gasteiger partial charge in [-0.15, -0.1) is 0 Å². The zero-order valence-electron chi connectivity index (χ0n) is 11.5. The van der Waals surface area contributed by atoms with Crippen LogP contribution in [0.25, 0.3) is 0 Å². The molecule has 102 valence electrons. The van der Waals surface area contributed by atoms with Crippen molar-refractivity contribution in [3.8, 4) is 0 Å². The highest BCUT2D eigenvalue weighted by Gasteiger charge is 2.50. The summed E-state index contributed by atoms with van der Waals surface area (Å²) in [4.78, 5) is 12.6. The predicted molar refractivity (Wildman–Crippen MR) is 78.0 cm³/mol. The van der Waals surface area contributed by atoms with Gasteiger partial charge >= 0.3 is 0 Å². The maximum Gasteiger partial charge on any atom is 0.143 e. The summed E-state index contributed by atoms with van der Waals surface area (Å²) in [7, 11) is 0. The Kier molecular flexibility index (Phi) is 3.34. The van der Waals surface area contributed by atoms with Crippen LogP contribution in [0, 0.1) is 5.92 Å². The average Bonchev–Trinajstić information content (AvgIpc) is 3.22. The highest BCUT2D eigenvalue weighted by atomic mass is 16.1. The molecule has 2 N–H and O–H groups in total. The smallest absolute Gasteiger partial charge is 0.143 e. The lowest BCUT2D eigenvalue weighted by molar-refractivity contribution is -0.122. The fourth-order valence-corrected chi connectivity index (χ4v) is 3.50. The van der Waals surface area contributed by atoms with Crippen LogP contribution in [0.5, 0.6) is 0 Å². The molecule has 0 unspecified atom stereocenters. The largest absolute Gasteiger partial charge is 0.399 e. The van der Waals surface area contributed by atoms with E-state index in [0.29, 0.717) is 11.7 Å². The van der Waals surface area contributed by atoms with E-state index >= 15 is 0 Å². The van der Waals surface area contributed by atoms with Crippen LogP contribution in [0.15, 0.2) is 24.3 Å². The van der Waals surface area contributed by atoms with E-state index in [-0.39, 0.29) is 5.41 Å². The Morgan fingerprint density at radius 1 is 1.11 bits per heavy atom. The van der Waals surface area contributed by atoms with Crippen LogP contribution in [-0.2, 0) is 10.2 Å². The molecule has 0 aromatic heterocycles. The maximum absolute atomic E-state index is 12.6. The van der Waals surface area contributed by atoms with Gasteiger partial charge in [-0.25, -0.2) is 0 Å². The quantitative estimate of drug-likeness (QED) is 0.833. The summed E-state index contributed by atoms with van der Waals surface area (Å²) in [5.41, 5.74) is 7.54. The van der Waals surface area contributed by atoms with Gasteiger partial charge in [0.2, 0.25) is 0 Å². The zero-order chi connectivity index (χ0) is 13.3. The van der Waals surface area contributed by atoms with Gasteiger partial charge in [-0.2, -0.15) is 0 Å². The molecule has 19 heavy (non-hydrogen) atoms. The number of carbonyl (C=O) groups excluding carboxylic acids is 1. The van der Waals surface area contributed by atoms with Gasteiger partial charge in [0, 0.05) is 12.1 Å². The molecule has 2 aliphatic rings. The van der Waals surface area contributed by atoms with Crippen LogP contribution in [-0.4, -0.2) is 5.78 Å². The number of benzene rings is 1. The molecule has 0 amide bonds. The predicted octanol–water partition coefficient (Wildman–Crippen LogP) is 3.84. The van der Waals surface area contributed by atoms with Crippen LogP contribution in [0.2, 0.25) is 0 Å². The molecule has 0 aliphatic heterocycles. The standard InChI is InChI=1S/C17H23NO/c18-15-8-6-14(7-9-15)17(10-11-17)16(19)12-13-4-2-1-3-5-13/h6-9,13H,1-5,10-12,18H2. The Hall–Kier alpha value is -1.31. The SMILES string of the molecule is Nc1ccc(C2(C(=O)CC3CCCCC3)CC2)cc1. The Morgan fingerprint density at radius 2 is 1.74 bits per heavy atom. The first-order valence-corrected chi connectivity index (χ1v) is 7.60. The first-order valence-electron chi connectivity index (χ1n) is 7.60. The number of carbonyl (C=O) groups is 1. The van der Waals surface area contributed by atoms with Crippen LogP contribution in [0.4, 0.5) is 5.69 Å². The van der Waals surface area contributed by atoms with Crippen molar-refractivity contribution in [3.05, 3.63) is 29.8 Å². The van der Waals surface area contributed by atoms with Crippen LogP contribution >= 0.6 is 0 Å². The van der Waals surface area contributed by atoms with Crippen molar-refractivity contribution >= 4 is 11.5 Å². The van der Waals surface area contributed by atoms with Gasteiger partial charge < -0.3 is 5.73 Å². The molecule has 0 spiro atoms. The molecule has 0 saturated heterocycles. The van der Waals surface area contributed by atoms with Gasteiger partial charge in [0.25, 0.3) is 0 Å². The topological polar surface area (TPSA) is 43.1 Å². The van der Waals surface area contributed by atoms with Crippen molar-refractivity contribution < 1.29 is 4.79 Å². The number of rotatable bonds is 4. The molecule has 1 aromatic rings. The summed E-state index contributed by atoms with van der Waals surface area (Å²) in [5, 5.41) is 0. The molecule has 1 aromatic carbocycles. The summed E-state index contributed by atoms with van der Waals surface area (Å²) in [6.45, 7) is 0. The normalized spacial score (nSPS) is 22.1. The van der Waals surface area contributed by atoms with E-state index in [1.165, 1.54) is 37.7 Å². The molecule has 2 saturated carbocycles. The van der Waals surface area contributed by atoms with Gasteiger partial charge in [-0.05, 0) is 36.5 Å². The van der Waals surface area contributed by atoms with E-state index in [9.17, 15) is 4.79 Å². The van der Waals surface area contributed by atoms with Crippen molar-refractivity contribution in [2.24, 2.45) is 5.92 Å². The monoisotopic (exact) mass is 257 g/mol.